The van der Waals surface area contributed by atoms with Crippen molar-refractivity contribution in [2.45, 2.75) is 13.8 Å². The Morgan fingerprint density at radius 3 is 2.62 bits per heavy atom. The molecule has 0 spiro atoms. The molecule has 0 unspecified atom stereocenters. The molecule has 0 amide bonds. The van der Waals surface area contributed by atoms with Crippen LogP contribution in [0.25, 0.3) is 0 Å². The zero-order valence-electron chi connectivity index (χ0n) is 9.04. The van der Waals surface area contributed by atoms with Crippen molar-refractivity contribution in [3.05, 3.63) is 22.2 Å². The van der Waals surface area contributed by atoms with E-state index in [0.29, 0.717) is 22.4 Å². The maximum atomic E-state index is 11.5. The molecule has 0 saturated heterocycles. The second-order valence-electron chi connectivity index (χ2n) is 3.29. The maximum Gasteiger partial charge on any atom is 0.299 e. The predicted octanol–water partition coefficient (Wildman–Crippen LogP) is 1.61. The Bertz CT molecular complexity index is 488. The minimum absolute atomic E-state index is 0.328. The van der Waals surface area contributed by atoms with Gasteiger partial charge in [0.05, 0.1) is 5.69 Å². The average molecular weight is 308 g/mol. The number of aryl methyl sites for hydroxylation is 1. The highest BCUT2D eigenvalue weighted by Gasteiger charge is 2.11. The van der Waals surface area contributed by atoms with Crippen LogP contribution in [0.5, 0.6) is 0 Å². The number of hydrogen-bond acceptors (Lipinski definition) is 3. The first-order valence-electron chi connectivity index (χ1n) is 4.68. The first-order valence-corrected chi connectivity index (χ1v) is 6.96. The molecule has 0 heterocycles. The molecule has 1 aromatic carbocycles. The molecule has 1 rings (SSSR count). The summed E-state index contributed by atoms with van der Waals surface area (Å²) in [6.45, 7) is 3.88. The molecule has 4 N–H and O–H groups in total. The lowest BCUT2D eigenvalue weighted by Gasteiger charge is -2.11. The summed E-state index contributed by atoms with van der Waals surface area (Å²) in [7, 11) is -3.52. The highest BCUT2D eigenvalue weighted by atomic mass is 79.9. The van der Waals surface area contributed by atoms with Gasteiger partial charge in [0.15, 0.2) is 0 Å². The number of anilines is 2. The standard InChI is InChI=1S/C9H14BrN3O2S/c1-3-12-16(14,15)13-9-5-8(11)6(2)4-7(9)10/h4-5,12-13H,3,11H2,1-2H3. The molecule has 0 atom stereocenters. The van der Waals surface area contributed by atoms with Crippen LogP contribution in [-0.2, 0) is 10.2 Å². The molecule has 16 heavy (non-hydrogen) atoms. The molecule has 0 aliphatic heterocycles. The largest absolute Gasteiger partial charge is 0.398 e. The molecule has 5 nitrogen and oxygen atoms in total. The van der Waals surface area contributed by atoms with Crippen LogP contribution in [0, 0.1) is 6.92 Å². The van der Waals surface area contributed by atoms with Crippen LogP contribution in [0.15, 0.2) is 16.6 Å². The van der Waals surface area contributed by atoms with E-state index < -0.39 is 10.2 Å². The predicted molar refractivity (Wildman–Crippen MR) is 69.5 cm³/mol. The summed E-state index contributed by atoms with van der Waals surface area (Å²) in [6.07, 6.45) is 0. The lowest BCUT2D eigenvalue weighted by molar-refractivity contribution is 0.589. The number of hydrogen-bond donors (Lipinski definition) is 3. The van der Waals surface area contributed by atoms with E-state index in [1.165, 1.54) is 0 Å². The van der Waals surface area contributed by atoms with Crippen molar-refractivity contribution in [2.24, 2.45) is 0 Å². The summed E-state index contributed by atoms with van der Waals surface area (Å²) < 4.78 is 28.3. The Morgan fingerprint density at radius 2 is 2.06 bits per heavy atom. The van der Waals surface area contributed by atoms with E-state index in [0.717, 1.165) is 5.56 Å². The first kappa shape index (κ1) is 13.3. The summed E-state index contributed by atoms with van der Waals surface area (Å²) >= 11 is 3.27. The molecule has 7 heteroatoms. The number of nitrogens with one attached hydrogen (secondary N) is 2. The van der Waals surface area contributed by atoms with Gasteiger partial charge in [0.25, 0.3) is 10.2 Å². The minimum Gasteiger partial charge on any atom is -0.398 e. The van der Waals surface area contributed by atoms with Crippen LogP contribution in [-0.4, -0.2) is 15.0 Å². The van der Waals surface area contributed by atoms with Gasteiger partial charge in [-0.15, -0.1) is 0 Å². The van der Waals surface area contributed by atoms with Gasteiger partial charge in [-0.2, -0.15) is 13.1 Å². The smallest absolute Gasteiger partial charge is 0.299 e. The SMILES string of the molecule is CCNS(=O)(=O)Nc1cc(N)c(C)cc1Br. The van der Waals surface area contributed by atoms with Crippen LogP contribution in [0.4, 0.5) is 11.4 Å². The zero-order chi connectivity index (χ0) is 12.3. The molecule has 0 aromatic heterocycles. The van der Waals surface area contributed by atoms with Crippen molar-refractivity contribution in [2.75, 3.05) is 17.0 Å². The van der Waals surface area contributed by atoms with Gasteiger partial charge in [0.1, 0.15) is 0 Å². The Morgan fingerprint density at radius 1 is 1.44 bits per heavy atom. The van der Waals surface area contributed by atoms with Crippen LogP contribution >= 0.6 is 15.9 Å². The molecule has 90 valence electrons. The summed E-state index contributed by atoms with van der Waals surface area (Å²) in [5, 5.41) is 0. The fraction of sp³-hybridized carbons (Fsp3) is 0.333. The molecule has 0 fully saturated rings. The fourth-order valence-corrected chi connectivity index (χ4v) is 2.74. The van der Waals surface area contributed by atoms with Crippen LogP contribution in [0.3, 0.4) is 0 Å². The Balaban J connectivity index is 3.03. The van der Waals surface area contributed by atoms with E-state index in [1.807, 2.05) is 6.92 Å². The number of benzene rings is 1. The summed E-state index contributed by atoms with van der Waals surface area (Å²) in [5.41, 5.74) is 7.55. The second kappa shape index (κ2) is 5.03. The topological polar surface area (TPSA) is 84.2 Å². The Hall–Kier alpha value is -0.790. The van der Waals surface area contributed by atoms with Crippen molar-refractivity contribution in [3.8, 4) is 0 Å². The third-order valence-electron chi connectivity index (χ3n) is 1.93. The van der Waals surface area contributed by atoms with Crippen LogP contribution in [0.2, 0.25) is 0 Å². The normalized spacial score (nSPS) is 11.4. The molecule has 0 radical (unpaired) electrons. The van der Waals surface area contributed by atoms with Gasteiger partial charge >= 0.3 is 0 Å². The van der Waals surface area contributed by atoms with E-state index in [1.54, 1.807) is 19.1 Å². The first-order chi connectivity index (χ1) is 7.35. The maximum absolute atomic E-state index is 11.5. The Kier molecular flexibility index (Phi) is 4.17. The molecule has 0 saturated carbocycles. The molecule has 0 aliphatic carbocycles. The minimum atomic E-state index is -3.52. The van der Waals surface area contributed by atoms with Gasteiger partial charge in [0.2, 0.25) is 0 Å². The highest BCUT2D eigenvalue weighted by Crippen LogP contribution is 2.28. The molecular formula is C9H14BrN3O2S. The highest BCUT2D eigenvalue weighted by molar-refractivity contribution is 9.10. The van der Waals surface area contributed by atoms with E-state index in [2.05, 4.69) is 25.4 Å². The number of nitrogen functional groups attached to an aromatic ring is 1. The van der Waals surface area contributed by atoms with Gasteiger partial charge in [-0.05, 0) is 40.5 Å². The van der Waals surface area contributed by atoms with E-state index in [-0.39, 0.29) is 0 Å². The van der Waals surface area contributed by atoms with Crippen molar-refractivity contribution in [3.63, 3.8) is 0 Å². The Labute approximate surface area is 104 Å². The number of nitrogens with two attached hydrogens (primary N) is 1. The second-order valence-corrected chi connectivity index (χ2v) is 5.65. The number of halogens is 1. The third-order valence-corrected chi connectivity index (χ3v) is 3.75. The molecular weight excluding hydrogens is 294 g/mol. The fourth-order valence-electron chi connectivity index (χ4n) is 1.14. The molecule has 1 aromatic rings. The van der Waals surface area contributed by atoms with Gasteiger partial charge in [-0.25, -0.2) is 0 Å². The summed E-state index contributed by atoms with van der Waals surface area (Å²) in [5.74, 6) is 0. The van der Waals surface area contributed by atoms with Crippen molar-refractivity contribution in [1.82, 2.24) is 4.72 Å². The van der Waals surface area contributed by atoms with Gasteiger partial charge in [-0.1, -0.05) is 6.92 Å². The average Bonchev–Trinajstić information content (AvgIpc) is 2.13. The van der Waals surface area contributed by atoms with E-state index in [4.69, 9.17) is 5.73 Å². The van der Waals surface area contributed by atoms with Crippen LogP contribution in [0.1, 0.15) is 12.5 Å². The quantitative estimate of drug-likeness (QED) is 0.739. The van der Waals surface area contributed by atoms with E-state index >= 15 is 0 Å². The summed E-state index contributed by atoms with van der Waals surface area (Å²) in [4.78, 5) is 0. The van der Waals surface area contributed by atoms with Gasteiger partial charge in [-0.3, -0.25) is 4.72 Å². The lowest BCUT2D eigenvalue weighted by Crippen LogP contribution is -2.29. The van der Waals surface area contributed by atoms with Gasteiger partial charge < -0.3 is 5.73 Å². The molecule has 0 aliphatic rings. The summed E-state index contributed by atoms with van der Waals surface area (Å²) in [6, 6.07) is 3.34. The lowest BCUT2D eigenvalue weighted by atomic mass is 10.2. The third kappa shape index (κ3) is 3.36. The van der Waals surface area contributed by atoms with E-state index in [9.17, 15) is 8.42 Å². The van der Waals surface area contributed by atoms with Crippen LogP contribution < -0.4 is 15.2 Å². The van der Waals surface area contributed by atoms with Crippen molar-refractivity contribution in [1.29, 1.82) is 0 Å². The van der Waals surface area contributed by atoms with Crippen molar-refractivity contribution >= 4 is 37.5 Å². The molecule has 0 bridgehead atoms. The van der Waals surface area contributed by atoms with Gasteiger partial charge in [0, 0.05) is 16.7 Å². The monoisotopic (exact) mass is 307 g/mol. The zero-order valence-corrected chi connectivity index (χ0v) is 11.4. The number of rotatable bonds is 4. The van der Waals surface area contributed by atoms with Crippen molar-refractivity contribution < 1.29 is 8.42 Å².